The van der Waals surface area contributed by atoms with Crippen LogP contribution < -0.4 is 5.32 Å². The van der Waals surface area contributed by atoms with Crippen molar-refractivity contribution in [2.75, 3.05) is 38.0 Å². The second-order valence-electron chi connectivity index (χ2n) is 7.69. The maximum atomic E-state index is 12.5. The van der Waals surface area contributed by atoms with E-state index in [9.17, 15) is 9.59 Å². The summed E-state index contributed by atoms with van der Waals surface area (Å²) in [6.07, 6.45) is 2.19. The summed E-state index contributed by atoms with van der Waals surface area (Å²) in [7, 11) is 0. The van der Waals surface area contributed by atoms with E-state index in [2.05, 4.69) is 34.5 Å². The van der Waals surface area contributed by atoms with E-state index in [1.54, 1.807) is 17.0 Å². The van der Waals surface area contributed by atoms with Crippen LogP contribution in [0.1, 0.15) is 36.2 Å². The molecule has 1 aliphatic rings. The maximum absolute atomic E-state index is 12.5. The van der Waals surface area contributed by atoms with Crippen molar-refractivity contribution in [2.24, 2.45) is 5.92 Å². The maximum Gasteiger partial charge on any atom is 0.253 e. The fourth-order valence-corrected chi connectivity index (χ4v) is 4.00. The minimum Gasteiger partial charge on any atom is -0.339 e. The van der Waals surface area contributed by atoms with Crippen LogP contribution in [0.3, 0.4) is 0 Å². The van der Waals surface area contributed by atoms with Crippen LogP contribution in [-0.4, -0.2) is 54.3 Å². The zero-order valence-electron chi connectivity index (χ0n) is 17.4. The zero-order valence-corrected chi connectivity index (χ0v) is 17.4. The second kappa shape index (κ2) is 10.2. The van der Waals surface area contributed by atoms with Crippen LogP contribution in [-0.2, 0) is 11.2 Å². The monoisotopic (exact) mass is 393 g/mol. The van der Waals surface area contributed by atoms with Gasteiger partial charge in [0.05, 0.1) is 6.54 Å². The van der Waals surface area contributed by atoms with E-state index >= 15 is 0 Å². The molecule has 3 rings (SSSR count). The highest BCUT2D eigenvalue weighted by Gasteiger charge is 2.24. The molecule has 154 valence electrons. The summed E-state index contributed by atoms with van der Waals surface area (Å²) < 4.78 is 0. The quantitative estimate of drug-likeness (QED) is 0.744. The molecule has 29 heavy (non-hydrogen) atoms. The first-order valence-corrected chi connectivity index (χ1v) is 10.5. The standard InChI is InChI=1S/C24H31N3O2/c1-3-27(4-2)24(29)21-11-8-12-22(16-21)25-23(28)18-26-14-13-20(17-26)15-19-9-6-5-7-10-19/h5-12,16,20H,3-4,13-15,17-18H2,1-2H3,(H,25,28). The van der Waals surface area contributed by atoms with Gasteiger partial charge in [-0.15, -0.1) is 0 Å². The number of anilines is 1. The van der Waals surface area contributed by atoms with E-state index in [0.29, 0.717) is 36.8 Å². The lowest BCUT2D eigenvalue weighted by Gasteiger charge is -2.19. The summed E-state index contributed by atoms with van der Waals surface area (Å²) in [5.74, 6) is 0.562. The van der Waals surface area contributed by atoms with Gasteiger partial charge in [-0.05, 0) is 62.9 Å². The number of benzene rings is 2. The largest absolute Gasteiger partial charge is 0.339 e. The topological polar surface area (TPSA) is 52.7 Å². The highest BCUT2D eigenvalue weighted by Crippen LogP contribution is 2.21. The van der Waals surface area contributed by atoms with Crippen molar-refractivity contribution in [1.82, 2.24) is 9.80 Å². The van der Waals surface area contributed by atoms with Crippen molar-refractivity contribution in [3.63, 3.8) is 0 Å². The Balaban J connectivity index is 1.51. The van der Waals surface area contributed by atoms with E-state index in [-0.39, 0.29) is 11.8 Å². The predicted molar refractivity (Wildman–Crippen MR) is 117 cm³/mol. The normalized spacial score (nSPS) is 16.6. The van der Waals surface area contributed by atoms with Crippen LogP contribution in [0.2, 0.25) is 0 Å². The minimum atomic E-state index is -0.0298. The van der Waals surface area contributed by atoms with Crippen LogP contribution in [0.25, 0.3) is 0 Å². The Labute approximate surface area is 173 Å². The fraction of sp³-hybridized carbons (Fsp3) is 0.417. The summed E-state index contributed by atoms with van der Waals surface area (Å²) in [5.41, 5.74) is 2.64. The Kier molecular flexibility index (Phi) is 7.42. The van der Waals surface area contributed by atoms with Gasteiger partial charge >= 0.3 is 0 Å². The number of hydrogen-bond donors (Lipinski definition) is 1. The first kappa shape index (κ1) is 21.1. The number of carbonyl (C=O) groups is 2. The van der Waals surface area contributed by atoms with Crippen molar-refractivity contribution in [2.45, 2.75) is 26.7 Å². The van der Waals surface area contributed by atoms with Crippen molar-refractivity contribution in [3.05, 3.63) is 65.7 Å². The molecule has 1 unspecified atom stereocenters. The number of nitrogens with zero attached hydrogens (tertiary/aromatic N) is 2. The highest BCUT2D eigenvalue weighted by molar-refractivity contribution is 5.97. The molecule has 1 saturated heterocycles. The SMILES string of the molecule is CCN(CC)C(=O)c1cccc(NC(=O)CN2CCC(Cc3ccccc3)C2)c1. The Morgan fingerprint density at radius 3 is 2.55 bits per heavy atom. The number of amides is 2. The Morgan fingerprint density at radius 1 is 1.07 bits per heavy atom. The summed E-state index contributed by atoms with van der Waals surface area (Å²) in [4.78, 5) is 29.0. The van der Waals surface area contributed by atoms with Gasteiger partial charge in [0, 0.05) is 30.9 Å². The van der Waals surface area contributed by atoms with Crippen LogP contribution in [0.4, 0.5) is 5.69 Å². The first-order chi connectivity index (χ1) is 14.1. The lowest BCUT2D eigenvalue weighted by atomic mass is 9.99. The first-order valence-electron chi connectivity index (χ1n) is 10.5. The van der Waals surface area contributed by atoms with Crippen LogP contribution in [0.5, 0.6) is 0 Å². The van der Waals surface area contributed by atoms with E-state index in [1.807, 2.05) is 32.0 Å². The molecule has 0 spiro atoms. The van der Waals surface area contributed by atoms with Crippen LogP contribution in [0.15, 0.2) is 54.6 Å². The molecule has 2 amide bonds. The molecule has 0 saturated carbocycles. The molecule has 0 aliphatic carbocycles. The fourth-order valence-electron chi connectivity index (χ4n) is 4.00. The number of hydrogen-bond acceptors (Lipinski definition) is 3. The number of likely N-dealkylation sites (tertiary alicyclic amines) is 1. The molecule has 0 radical (unpaired) electrons. The number of nitrogens with one attached hydrogen (secondary N) is 1. The van der Waals surface area contributed by atoms with Gasteiger partial charge in [0.1, 0.15) is 0 Å². The predicted octanol–water partition coefficient (Wildman–Crippen LogP) is 3.67. The average Bonchev–Trinajstić information content (AvgIpc) is 3.16. The minimum absolute atomic E-state index is 0.00519. The van der Waals surface area contributed by atoms with Gasteiger partial charge in [0.15, 0.2) is 0 Å². The van der Waals surface area contributed by atoms with Gasteiger partial charge in [0.25, 0.3) is 5.91 Å². The zero-order chi connectivity index (χ0) is 20.6. The molecule has 0 aromatic heterocycles. The molecule has 1 N–H and O–H groups in total. The lowest BCUT2D eigenvalue weighted by Crippen LogP contribution is -2.32. The van der Waals surface area contributed by atoms with Crippen molar-refractivity contribution in [3.8, 4) is 0 Å². The average molecular weight is 394 g/mol. The molecule has 1 fully saturated rings. The molecule has 1 heterocycles. The second-order valence-corrected chi connectivity index (χ2v) is 7.69. The van der Waals surface area contributed by atoms with Gasteiger partial charge in [0.2, 0.25) is 5.91 Å². The molecule has 5 nitrogen and oxygen atoms in total. The summed E-state index contributed by atoms with van der Waals surface area (Å²) in [5, 5.41) is 2.95. The highest BCUT2D eigenvalue weighted by atomic mass is 16.2. The van der Waals surface area contributed by atoms with Crippen LogP contribution in [0, 0.1) is 5.92 Å². The van der Waals surface area contributed by atoms with Gasteiger partial charge in [-0.2, -0.15) is 0 Å². The molecule has 2 aromatic carbocycles. The summed E-state index contributed by atoms with van der Waals surface area (Å²) >= 11 is 0. The third kappa shape index (κ3) is 5.91. The van der Waals surface area contributed by atoms with E-state index in [0.717, 1.165) is 25.9 Å². The molecule has 1 atom stereocenters. The molecule has 0 bridgehead atoms. The lowest BCUT2D eigenvalue weighted by molar-refractivity contribution is -0.117. The smallest absolute Gasteiger partial charge is 0.253 e. The molecular weight excluding hydrogens is 362 g/mol. The third-order valence-corrected chi connectivity index (χ3v) is 5.55. The van der Waals surface area contributed by atoms with Gasteiger partial charge in [-0.3, -0.25) is 14.5 Å². The summed E-state index contributed by atoms with van der Waals surface area (Å²) in [6.45, 7) is 7.56. The van der Waals surface area contributed by atoms with E-state index in [1.165, 1.54) is 5.56 Å². The van der Waals surface area contributed by atoms with Gasteiger partial charge < -0.3 is 10.2 Å². The number of rotatable bonds is 8. The molecular formula is C24H31N3O2. The molecule has 5 heteroatoms. The summed E-state index contributed by atoms with van der Waals surface area (Å²) in [6, 6.07) is 17.7. The number of carbonyl (C=O) groups excluding carboxylic acids is 2. The van der Waals surface area contributed by atoms with Crippen molar-refractivity contribution in [1.29, 1.82) is 0 Å². The Morgan fingerprint density at radius 2 is 1.83 bits per heavy atom. The molecule has 1 aliphatic heterocycles. The Hall–Kier alpha value is -2.66. The van der Waals surface area contributed by atoms with Gasteiger partial charge in [-0.25, -0.2) is 0 Å². The van der Waals surface area contributed by atoms with Crippen molar-refractivity contribution < 1.29 is 9.59 Å². The Bertz CT molecular complexity index is 818. The third-order valence-electron chi connectivity index (χ3n) is 5.55. The van der Waals surface area contributed by atoms with E-state index in [4.69, 9.17) is 0 Å². The van der Waals surface area contributed by atoms with E-state index < -0.39 is 0 Å². The van der Waals surface area contributed by atoms with Gasteiger partial charge in [-0.1, -0.05) is 36.4 Å². The van der Waals surface area contributed by atoms with Crippen LogP contribution >= 0.6 is 0 Å². The van der Waals surface area contributed by atoms with Crippen molar-refractivity contribution >= 4 is 17.5 Å². The molecule has 2 aromatic rings.